The van der Waals surface area contributed by atoms with E-state index in [2.05, 4.69) is 10.3 Å². The van der Waals surface area contributed by atoms with Crippen LogP contribution in [0.3, 0.4) is 0 Å². The van der Waals surface area contributed by atoms with Crippen molar-refractivity contribution in [1.29, 1.82) is 0 Å². The minimum absolute atomic E-state index is 0.0463. The lowest BCUT2D eigenvalue weighted by atomic mass is 10.6. The third-order valence-corrected chi connectivity index (χ3v) is 1.41. The summed E-state index contributed by atoms with van der Waals surface area (Å²) in [4.78, 5) is 3.64. The van der Waals surface area contributed by atoms with E-state index in [1.165, 1.54) is 12.4 Å². The van der Waals surface area contributed by atoms with Crippen LogP contribution in [0.4, 0.5) is 0 Å². The van der Waals surface area contributed by atoms with Crippen molar-refractivity contribution < 1.29 is 8.76 Å². The Labute approximate surface area is 60.6 Å². The summed E-state index contributed by atoms with van der Waals surface area (Å²) in [5, 5.41) is 2.58. The predicted molar refractivity (Wildman–Crippen MR) is 39.6 cm³/mol. The van der Waals surface area contributed by atoms with Gasteiger partial charge in [0.05, 0.1) is 0 Å². The summed E-state index contributed by atoms with van der Waals surface area (Å²) >= 11 is -2.03. The third kappa shape index (κ3) is 1.78. The van der Waals surface area contributed by atoms with Crippen LogP contribution in [0.25, 0.3) is 0 Å². The number of aliphatic imine (C=N–C) groups is 1. The molecule has 1 heterocycles. The molecule has 5 heteroatoms. The van der Waals surface area contributed by atoms with Gasteiger partial charge in [0.25, 0.3) is 0 Å². The van der Waals surface area contributed by atoms with Gasteiger partial charge in [-0.2, -0.15) is 0 Å². The summed E-state index contributed by atoms with van der Waals surface area (Å²) in [6.07, 6.45) is 6.33. The highest BCUT2D eigenvalue weighted by atomic mass is 32.2. The number of hydrogen-bond acceptors (Lipinski definition) is 3. The summed E-state index contributed by atoms with van der Waals surface area (Å²) < 4.78 is 18.9. The summed E-state index contributed by atoms with van der Waals surface area (Å²) in [6, 6.07) is 0. The molecule has 0 saturated carbocycles. The van der Waals surface area contributed by atoms with Gasteiger partial charge >= 0.3 is 0 Å². The summed E-state index contributed by atoms with van der Waals surface area (Å²) in [6.45, 7) is 0. The molecular weight excluding hydrogens is 152 g/mol. The molecule has 1 unspecified atom stereocenters. The van der Waals surface area contributed by atoms with Gasteiger partial charge in [-0.1, -0.05) is 0 Å². The van der Waals surface area contributed by atoms with Gasteiger partial charge in [-0.15, -0.1) is 0 Å². The number of hydrogen-bond donors (Lipinski definition) is 2. The molecule has 0 radical (unpaired) electrons. The van der Waals surface area contributed by atoms with Crippen LogP contribution < -0.4 is 5.32 Å². The van der Waals surface area contributed by atoms with E-state index in [0.717, 1.165) is 0 Å². The largest absolute Gasteiger partial charge is 0.337 e. The first-order chi connectivity index (χ1) is 4.80. The minimum atomic E-state index is -2.03. The van der Waals surface area contributed by atoms with Crippen LogP contribution in [-0.2, 0) is 11.1 Å². The van der Waals surface area contributed by atoms with Crippen LogP contribution >= 0.6 is 0 Å². The Kier molecular flexibility index (Phi) is 2.35. The first kappa shape index (κ1) is 7.17. The Hall–Kier alpha value is -0.940. The van der Waals surface area contributed by atoms with E-state index in [0.29, 0.717) is 0 Å². The number of rotatable bonds is 0. The van der Waals surface area contributed by atoms with Gasteiger partial charge in [-0.25, -0.2) is 9.20 Å². The predicted octanol–water partition coefficient (Wildman–Crippen LogP) is 0.195. The maximum Gasteiger partial charge on any atom is 0.224 e. The average molecular weight is 158 g/mol. The smallest absolute Gasteiger partial charge is 0.224 e. The van der Waals surface area contributed by atoms with Crippen LogP contribution in [0.1, 0.15) is 0 Å². The van der Waals surface area contributed by atoms with E-state index in [9.17, 15) is 4.21 Å². The number of nitrogens with one attached hydrogen (secondary N) is 1. The van der Waals surface area contributed by atoms with Gasteiger partial charge in [0, 0.05) is 12.4 Å². The van der Waals surface area contributed by atoms with E-state index < -0.39 is 11.1 Å². The Morgan fingerprint density at radius 2 is 2.40 bits per heavy atom. The van der Waals surface area contributed by atoms with Crippen molar-refractivity contribution in [3.8, 4) is 0 Å². The highest BCUT2D eigenvalue weighted by Gasteiger charge is 2.02. The molecule has 0 aliphatic carbocycles. The van der Waals surface area contributed by atoms with Gasteiger partial charge in [-0.05, 0) is 12.2 Å². The van der Waals surface area contributed by atoms with Crippen molar-refractivity contribution in [3.63, 3.8) is 0 Å². The van der Waals surface area contributed by atoms with Crippen molar-refractivity contribution in [2.45, 2.75) is 0 Å². The molecule has 1 aliphatic heterocycles. The van der Waals surface area contributed by atoms with Crippen molar-refractivity contribution in [1.82, 2.24) is 5.32 Å². The molecule has 0 fully saturated rings. The highest BCUT2D eigenvalue weighted by Crippen LogP contribution is 1.88. The van der Waals surface area contributed by atoms with Gasteiger partial charge in [0.15, 0.2) is 0 Å². The van der Waals surface area contributed by atoms with E-state index in [1.807, 2.05) is 0 Å². The zero-order chi connectivity index (χ0) is 7.40. The molecule has 1 rings (SSSR count). The van der Waals surface area contributed by atoms with Gasteiger partial charge in [-0.3, -0.25) is 4.55 Å². The fourth-order valence-electron chi connectivity index (χ4n) is 0.468. The van der Waals surface area contributed by atoms with Crippen molar-refractivity contribution in [2.75, 3.05) is 0 Å². The quantitative estimate of drug-likeness (QED) is 0.495. The topological polar surface area (TPSA) is 61.7 Å². The van der Waals surface area contributed by atoms with Crippen LogP contribution in [0.15, 0.2) is 29.5 Å². The van der Waals surface area contributed by atoms with E-state index in [1.54, 1.807) is 12.2 Å². The van der Waals surface area contributed by atoms with Crippen molar-refractivity contribution >= 4 is 16.2 Å². The molecule has 2 N–H and O–H groups in total. The molecule has 10 heavy (non-hydrogen) atoms. The molecule has 1 atom stereocenters. The fraction of sp³-hybridized carbons (Fsp3) is 0. The number of amidine groups is 1. The van der Waals surface area contributed by atoms with Gasteiger partial charge in [0.1, 0.15) is 0 Å². The second-order valence-corrected chi connectivity index (χ2v) is 2.41. The molecule has 1 aliphatic rings. The molecule has 0 saturated heterocycles. The third-order valence-electron chi connectivity index (χ3n) is 0.857. The van der Waals surface area contributed by atoms with Crippen molar-refractivity contribution in [2.24, 2.45) is 4.99 Å². The lowest BCUT2D eigenvalue weighted by Crippen LogP contribution is -2.21. The molecule has 0 bridgehead atoms. The lowest BCUT2D eigenvalue weighted by Gasteiger charge is -1.95. The summed E-state index contributed by atoms with van der Waals surface area (Å²) in [7, 11) is 0. The molecule has 0 aromatic carbocycles. The molecule has 54 valence electrons. The Bertz CT molecular complexity index is 232. The number of allylic oxidation sites excluding steroid dienone is 2. The standard InChI is InChI=1S/C5H6N2O2S/c8-10(9)5-6-3-1-2-4-7-5/h1-4H,(H,6,7)(H,8,9). The zero-order valence-corrected chi connectivity index (χ0v) is 5.84. The van der Waals surface area contributed by atoms with Crippen LogP contribution in [0.5, 0.6) is 0 Å². The first-order valence-electron chi connectivity index (χ1n) is 2.57. The lowest BCUT2D eigenvalue weighted by molar-refractivity contribution is 0.576. The van der Waals surface area contributed by atoms with E-state index in [4.69, 9.17) is 4.55 Å². The first-order valence-corrected chi connectivity index (χ1v) is 3.68. The Morgan fingerprint density at radius 1 is 1.60 bits per heavy atom. The minimum Gasteiger partial charge on any atom is -0.337 e. The maximum absolute atomic E-state index is 10.4. The highest BCUT2D eigenvalue weighted by molar-refractivity contribution is 7.95. The van der Waals surface area contributed by atoms with E-state index in [-0.39, 0.29) is 5.17 Å². The molecule has 4 nitrogen and oxygen atoms in total. The van der Waals surface area contributed by atoms with Gasteiger partial charge in [0.2, 0.25) is 16.2 Å². The second kappa shape index (κ2) is 3.28. The van der Waals surface area contributed by atoms with E-state index >= 15 is 0 Å². The zero-order valence-electron chi connectivity index (χ0n) is 5.02. The molecule has 0 amide bonds. The molecular formula is C5H6N2O2S. The van der Waals surface area contributed by atoms with Crippen LogP contribution in [0.2, 0.25) is 0 Å². The Balaban J connectivity index is 2.78. The Morgan fingerprint density at radius 3 is 3.10 bits per heavy atom. The average Bonchev–Trinajstić information content (AvgIpc) is 2.12. The van der Waals surface area contributed by atoms with Crippen molar-refractivity contribution in [3.05, 3.63) is 24.6 Å². The SMILES string of the molecule is O=S(O)C1=NC=CC=CN1. The monoisotopic (exact) mass is 158 g/mol. The van der Waals surface area contributed by atoms with Gasteiger partial charge < -0.3 is 5.32 Å². The second-order valence-electron chi connectivity index (χ2n) is 1.53. The maximum atomic E-state index is 10.4. The molecule has 0 aromatic rings. The number of nitrogens with zero attached hydrogens (tertiary/aromatic N) is 1. The van der Waals surface area contributed by atoms with Crippen LogP contribution in [0, 0.1) is 0 Å². The normalized spacial score (nSPS) is 19.1. The fourth-order valence-corrected chi connectivity index (χ4v) is 0.788. The van der Waals surface area contributed by atoms with Crippen LogP contribution in [-0.4, -0.2) is 13.9 Å². The summed E-state index contributed by atoms with van der Waals surface area (Å²) in [5.74, 6) is 0. The summed E-state index contributed by atoms with van der Waals surface area (Å²) in [5.41, 5.74) is 0. The molecule has 0 spiro atoms. The molecule has 0 aromatic heterocycles.